The van der Waals surface area contributed by atoms with E-state index < -0.39 is 35.6 Å². The van der Waals surface area contributed by atoms with Crippen molar-refractivity contribution in [3.05, 3.63) is 0 Å². The largest absolute Gasteiger partial charge is 0.356 e. The van der Waals surface area contributed by atoms with E-state index in [1.807, 2.05) is 27.7 Å². The molecule has 0 radical (unpaired) electrons. The second-order valence-corrected chi connectivity index (χ2v) is 9.57. The van der Waals surface area contributed by atoms with Gasteiger partial charge in [0.1, 0.15) is 6.04 Å². The van der Waals surface area contributed by atoms with Crippen LogP contribution in [0.15, 0.2) is 0 Å². The van der Waals surface area contributed by atoms with Crippen LogP contribution in [-0.4, -0.2) is 54.1 Å². The highest BCUT2D eigenvalue weighted by atomic mass is 16.2. The molecule has 9 nitrogen and oxygen atoms in total. The molecule has 0 aromatic rings. The molecule has 2 fully saturated rings. The van der Waals surface area contributed by atoms with E-state index in [9.17, 15) is 24.0 Å². The Hall–Kier alpha value is -2.45. The molecule has 0 aromatic carbocycles. The van der Waals surface area contributed by atoms with Gasteiger partial charge in [0.15, 0.2) is 0 Å². The molecule has 0 unspecified atom stereocenters. The third-order valence-electron chi connectivity index (χ3n) is 5.94. The van der Waals surface area contributed by atoms with Gasteiger partial charge in [-0.05, 0) is 44.4 Å². The zero-order chi connectivity index (χ0) is 23.8. The van der Waals surface area contributed by atoms with E-state index in [-0.39, 0.29) is 30.2 Å². The summed E-state index contributed by atoms with van der Waals surface area (Å²) in [5.41, 5.74) is 0. The molecule has 1 saturated heterocycles. The number of nitrogens with one attached hydrogen (secondary N) is 4. The van der Waals surface area contributed by atoms with Crippen molar-refractivity contribution >= 4 is 29.4 Å². The highest BCUT2D eigenvalue weighted by molar-refractivity contribution is 6.38. The molecule has 9 heteroatoms. The van der Waals surface area contributed by atoms with Crippen molar-refractivity contribution in [1.82, 2.24) is 21.3 Å². The van der Waals surface area contributed by atoms with Gasteiger partial charge in [-0.15, -0.1) is 0 Å². The summed E-state index contributed by atoms with van der Waals surface area (Å²) in [6.45, 7) is 8.29. The maximum absolute atomic E-state index is 13.0. The lowest BCUT2D eigenvalue weighted by Crippen LogP contribution is -2.55. The van der Waals surface area contributed by atoms with Crippen LogP contribution >= 0.6 is 0 Å². The normalized spacial score (nSPS) is 20.8. The lowest BCUT2D eigenvalue weighted by atomic mass is 9.94. The van der Waals surface area contributed by atoms with Gasteiger partial charge >= 0.3 is 0 Å². The molecule has 2 rings (SSSR count). The number of rotatable bonds is 13. The van der Waals surface area contributed by atoms with Gasteiger partial charge in [0.05, 0.1) is 6.04 Å². The molecule has 4 amide bonds. The van der Waals surface area contributed by atoms with Crippen molar-refractivity contribution in [2.45, 2.75) is 90.8 Å². The first-order chi connectivity index (χ1) is 15.1. The molecule has 1 saturated carbocycles. The van der Waals surface area contributed by atoms with Crippen LogP contribution in [0.1, 0.15) is 72.6 Å². The number of Topliss-reactive ketones (excluding diaryl/α,β-unsaturated/α-hetero) is 1. The van der Waals surface area contributed by atoms with Crippen LogP contribution in [0.5, 0.6) is 0 Å². The van der Waals surface area contributed by atoms with Gasteiger partial charge in [-0.2, -0.15) is 0 Å². The van der Waals surface area contributed by atoms with Crippen LogP contribution in [0.4, 0.5) is 0 Å². The zero-order valence-electron chi connectivity index (χ0n) is 19.7. The molecular formula is C23H38N4O5. The second-order valence-electron chi connectivity index (χ2n) is 9.57. The van der Waals surface area contributed by atoms with Gasteiger partial charge in [0.2, 0.25) is 23.5 Å². The Morgan fingerprint density at radius 3 is 2.19 bits per heavy atom. The molecule has 180 valence electrons. The van der Waals surface area contributed by atoms with Crippen LogP contribution in [0.2, 0.25) is 0 Å². The lowest BCUT2D eigenvalue weighted by Gasteiger charge is -2.25. The minimum atomic E-state index is -1.11. The van der Waals surface area contributed by atoms with Crippen LogP contribution in [0, 0.1) is 17.8 Å². The molecule has 0 aromatic heterocycles. The Balaban J connectivity index is 2.08. The summed E-state index contributed by atoms with van der Waals surface area (Å²) < 4.78 is 0. The second kappa shape index (κ2) is 12.0. The van der Waals surface area contributed by atoms with Gasteiger partial charge in [-0.25, -0.2) is 0 Å². The van der Waals surface area contributed by atoms with E-state index in [0.717, 1.165) is 12.8 Å². The van der Waals surface area contributed by atoms with E-state index >= 15 is 0 Å². The smallest absolute Gasteiger partial charge is 0.289 e. The maximum atomic E-state index is 13.0. The first kappa shape index (κ1) is 25.8. The summed E-state index contributed by atoms with van der Waals surface area (Å²) in [6.07, 6.45) is 4.04. The van der Waals surface area contributed by atoms with Crippen molar-refractivity contribution in [1.29, 1.82) is 0 Å². The first-order valence-corrected chi connectivity index (χ1v) is 11.9. The summed E-state index contributed by atoms with van der Waals surface area (Å²) in [5, 5.41) is 10.8. The third kappa shape index (κ3) is 7.91. The van der Waals surface area contributed by atoms with E-state index in [1.165, 1.54) is 0 Å². The Morgan fingerprint density at radius 1 is 1.00 bits per heavy atom. The van der Waals surface area contributed by atoms with E-state index in [4.69, 9.17) is 0 Å². The molecule has 32 heavy (non-hydrogen) atoms. The Kier molecular flexibility index (Phi) is 9.65. The molecule has 2 aliphatic rings. The fraction of sp³-hybridized carbons (Fsp3) is 0.783. The maximum Gasteiger partial charge on any atom is 0.289 e. The average Bonchev–Trinajstić information content (AvgIpc) is 3.45. The highest BCUT2D eigenvalue weighted by Gasteiger charge is 2.37. The van der Waals surface area contributed by atoms with Gasteiger partial charge < -0.3 is 21.3 Å². The topological polar surface area (TPSA) is 133 Å². The van der Waals surface area contributed by atoms with Crippen molar-refractivity contribution < 1.29 is 24.0 Å². The molecule has 0 spiro atoms. The van der Waals surface area contributed by atoms with E-state index in [2.05, 4.69) is 21.3 Å². The standard InChI is InChI=1S/C23H38N4O5/c1-5-6-17(26-20(29)14(4)11-13(2)3)22(31)27-18(12-15-9-10-24-21(15)30)19(28)23(32)25-16-7-8-16/h13-18H,5-12H2,1-4H3,(H,24,30)(H,25,32)(H,26,29)(H,27,31)/t14-,15+,17+,18+/m1/s1. The molecule has 1 heterocycles. The Labute approximate surface area is 190 Å². The Morgan fingerprint density at radius 2 is 1.66 bits per heavy atom. The van der Waals surface area contributed by atoms with Gasteiger partial charge in [-0.1, -0.05) is 34.1 Å². The number of hydrogen-bond donors (Lipinski definition) is 4. The molecule has 4 atom stereocenters. The van der Waals surface area contributed by atoms with Crippen molar-refractivity contribution in [2.75, 3.05) is 6.54 Å². The minimum Gasteiger partial charge on any atom is -0.356 e. The van der Waals surface area contributed by atoms with E-state index in [1.54, 1.807) is 0 Å². The predicted molar refractivity (Wildman–Crippen MR) is 119 cm³/mol. The molecule has 0 bridgehead atoms. The fourth-order valence-electron chi connectivity index (χ4n) is 3.99. The molecular weight excluding hydrogens is 412 g/mol. The quantitative estimate of drug-likeness (QED) is 0.308. The summed E-state index contributed by atoms with van der Waals surface area (Å²) in [7, 11) is 0. The van der Waals surface area contributed by atoms with Crippen molar-refractivity contribution in [2.24, 2.45) is 17.8 Å². The monoisotopic (exact) mass is 450 g/mol. The first-order valence-electron chi connectivity index (χ1n) is 11.9. The van der Waals surface area contributed by atoms with Crippen LogP contribution in [-0.2, 0) is 24.0 Å². The number of carbonyl (C=O) groups excluding carboxylic acids is 5. The van der Waals surface area contributed by atoms with Crippen molar-refractivity contribution in [3.63, 3.8) is 0 Å². The van der Waals surface area contributed by atoms with Crippen LogP contribution in [0.3, 0.4) is 0 Å². The summed E-state index contributed by atoms with van der Waals surface area (Å²) in [4.78, 5) is 62.8. The lowest BCUT2D eigenvalue weighted by molar-refractivity contribution is -0.141. The number of carbonyl (C=O) groups is 5. The van der Waals surface area contributed by atoms with E-state index in [0.29, 0.717) is 38.1 Å². The number of ketones is 1. The molecule has 1 aliphatic carbocycles. The fourth-order valence-corrected chi connectivity index (χ4v) is 3.99. The van der Waals surface area contributed by atoms with Gasteiger partial charge in [-0.3, -0.25) is 24.0 Å². The minimum absolute atomic E-state index is 0.00662. The van der Waals surface area contributed by atoms with Crippen LogP contribution in [0.25, 0.3) is 0 Å². The third-order valence-corrected chi connectivity index (χ3v) is 5.94. The van der Waals surface area contributed by atoms with Crippen LogP contribution < -0.4 is 21.3 Å². The Bertz CT molecular complexity index is 719. The number of hydrogen-bond acceptors (Lipinski definition) is 5. The SMILES string of the molecule is CCC[C@H](NC(=O)[C@H](C)CC(C)C)C(=O)N[C@@H](C[C@@H]1CCNC1=O)C(=O)C(=O)NC1CC1. The molecule has 4 N–H and O–H groups in total. The zero-order valence-corrected chi connectivity index (χ0v) is 19.7. The summed E-state index contributed by atoms with van der Waals surface area (Å²) in [5.74, 6) is -2.73. The highest BCUT2D eigenvalue weighted by Crippen LogP contribution is 2.20. The average molecular weight is 451 g/mol. The summed E-state index contributed by atoms with van der Waals surface area (Å²) in [6, 6.07) is -1.91. The summed E-state index contributed by atoms with van der Waals surface area (Å²) >= 11 is 0. The predicted octanol–water partition coefficient (Wildman–Crippen LogP) is 0.812. The van der Waals surface area contributed by atoms with Gasteiger partial charge in [0.25, 0.3) is 5.91 Å². The van der Waals surface area contributed by atoms with Crippen molar-refractivity contribution in [3.8, 4) is 0 Å². The number of amides is 4. The van der Waals surface area contributed by atoms with Gasteiger partial charge in [0, 0.05) is 24.4 Å². The molecule has 1 aliphatic heterocycles.